The summed E-state index contributed by atoms with van der Waals surface area (Å²) in [6.45, 7) is 3.49. The number of aryl methyl sites for hydroxylation is 2. The molecule has 7 aromatic rings. The molecule has 0 spiro atoms. The summed E-state index contributed by atoms with van der Waals surface area (Å²) in [6.07, 6.45) is 2.32. The number of nitrogens with one attached hydrogen (secondary N) is 3. The molecule has 0 aliphatic carbocycles. The fourth-order valence-corrected chi connectivity index (χ4v) is 8.02. The average molecular weight is 865 g/mol. The standard InChI is InChI=1S/C24H18FN7O4S.C15H12FN5O3.CH4/c1-13-6-15(3-5-17(13)25)10-27-22(33)18-8-20(32-24(31-18)28-12-29-32)23(34)30-19-11-37(35,36)21-7-14(9-26)2-4-16(19)21;1-8-4-9(2-3-10(8)16)6-17-13(22)11-5-12(14(23)24)21-15(20-11)18-7-19-21;/h2-8,12,19H,10-11H2,1H3,(H,27,33)(H,30,34);2-5,7H,6H2,1H3,(H,17,22)(H,23,24);1H4. The Hall–Kier alpha value is -8.06. The number of sulfone groups is 1. The number of carboxylic acids is 1. The molecule has 0 radical (unpaired) electrons. The van der Waals surface area contributed by atoms with Crippen LogP contribution < -0.4 is 16.0 Å². The number of aromatic nitrogens is 8. The molecule has 1 aliphatic rings. The van der Waals surface area contributed by atoms with Crippen LogP contribution in [0.25, 0.3) is 11.6 Å². The zero-order valence-electron chi connectivity index (χ0n) is 31.8. The summed E-state index contributed by atoms with van der Waals surface area (Å²) in [7, 11) is -3.71. The van der Waals surface area contributed by atoms with Crippen molar-refractivity contribution in [1.82, 2.24) is 55.1 Å². The van der Waals surface area contributed by atoms with Gasteiger partial charge in [-0.15, -0.1) is 0 Å². The van der Waals surface area contributed by atoms with Gasteiger partial charge in [0.15, 0.2) is 15.5 Å². The summed E-state index contributed by atoms with van der Waals surface area (Å²) < 4.78 is 54.1. The smallest absolute Gasteiger partial charge is 0.354 e. The van der Waals surface area contributed by atoms with Crippen LogP contribution in [0.5, 0.6) is 0 Å². The molecule has 3 aromatic carbocycles. The summed E-state index contributed by atoms with van der Waals surface area (Å²) in [6, 6.07) is 16.6. The zero-order valence-corrected chi connectivity index (χ0v) is 32.6. The van der Waals surface area contributed by atoms with Crippen LogP contribution in [-0.2, 0) is 22.9 Å². The number of nitrogens with zero attached hydrogens (tertiary/aromatic N) is 9. The first kappa shape index (κ1) is 43.5. The minimum atomic E-state index is -3.71. The Kier molecular flexibility index (Phi) is 12.4. The van der Waals surface area contributed by atoms with Crippen molar-refractivity contribution in [2.75, 3.05) is 5.75 Å². The van der Waals surface area contributed by atoms with E-state index in [-0.39, 0.29) is 82.7 Å². The predicted octanol–water partition coefficient (Wildman–Crippen LogP) is 3.47. The van der Waals surface area contributed by atoms with Gasteiger partial charge in [-0.2, -0.15) is 34.5 Å². The Balaban J connectivity index is 0.000000222. The topological polar surface area (TPSA) is 269 Å². The van der Waals surface area contributed by atoms with Gasteiger partial charge in [0.25, 0.3) is 29.3 Å². The molecule has 1 atom stereocenters. The number of carboxylic acid groups (broad SMARTS) is 1. The number of aromatic carboxylic acids is 1. The molecule has 0 bridgehead atoms. The highest BCUT2D eigenvalue weighted by Gasteiger charge is 2.36. The van der Waals surface area contributed by atoms with Gasteiger partial charge in [0.1, 0.15) is 41.4 Å². The van der Waals surface area contributed by atoms with E-state index < -0.39 is 39.6 Å². The van der Waals surface area contributed by atoms with Gasteiger partial charge in [-0.1, -0.05) is 37.8 Å². The van der Waals surface area contributed by atoms with Crippen LogP contribution in [0.4, 0.5) is 8.78 Å². The molecule has 5 heterocycles. The van der Waals surface area contributed by atoms with Gasteiger partial charge in [0, 0.05) is 25.2 Å². The molecule has 8 rings (SSSR count). The van der Waals surface area contributed by atoms with Crippen molar-refractivity contribution in [3.05, 3.63) is 147 Å². The number of rotatable bonds is 9. The zero-order chi connectivity index (χ0) is 43.6. The SMILES string of the molecule is C.Cc1cc(CNC(=O)c2cc(C(=O)NC3CS(=O)(=O)c4cc(C#N)ccc43)n3ncnc3n2)ccc1F.Cc1cc(CNC(=O)c2cc(C(=O)O)n3ncnc3n2)ccc1F. The van der Waals surface area contributed by atoms with Gasteiger partial charge in [0.2, 0.25) is 0 Å². The van der Waals surface area contributed by atoms with E-state index in [9.17, 15) is 41.5 Å². The van der Waals surface area contributed by atoms with Crippen LogP contribution in [0.15, 0.2) is 84.3 Å². The van der Waals surface area contributed by atoms with E-state index in [4.69, 9.17) is 5.26 Å². The fourth-order valence-electron chi connectivity index (χ4n) is 6.26. The third kappa shape index (κ3) is 9.06. The number of halogens is 2. The van der Waals surface area contributed by atoms with Crippen LogP contribution >= 0.6 is 0 Å². The number of carbonyl (C=O) groups is 4. The van der Waals surface area contributed by atoms with Gasteiger partial charge in [-0.3, -0.25) is 14.4 Å². The van der Waals surface area contributed by atoms with E-state index in [2.05, 4.69) is 46.1 Å². The molecule has 4 N–H and O–H groups in total. The van der Waals surface area contributed by atoms with Crippen molar-refractivity contribution >= 4 is 45.1 Å². The lowest BCUT2D eigenvalue weighted by atomic mass is 10.1. The molecular formula is C40H34F2N12O7S. The average Bonchev–Trinajstić information content (AvgIpc) is 3.98. The maximum Gasteiger partial charge on any atom is 0.354 e. The molecule has 22 heteroatoms. The Bertz CT molecular complexity index is 3090. The summed E-state index contributed by atoms with van der Waals surface area (Å²) >= 11 is 0. The van der Waals surface area contributed by atoms with Crippen LogP contribution in [0.2, 0.25) is 0 Å². The van der Waals surface area contributed by atoms with E-state index >= 15 is 0 Å². The molecule has 0 saturated heterocycles. The number of amides is 3. The second-order valence-electron chi connectivity index (χ2n) is 13.5. The molecule has 0 saturated carbocycles. The maximum absolute atomic E-state index is 13.5. The van der Waals surface area contributed by atoms with Crippen molar-refractivity contribution in [3.63, 3.8) is 0 Å². The molecule has 19 nitrogen and oxygen atoms in total. The highest BCUT2D eigenvalue weighted by Crippen LogP contribution is 2.34. The largest absolute Gasteiger partial charge is 0.477 e. The van der Waals surface area contributed by atoms with E-state index in [1.54, 1.807) is 38.1 Å². The van der Waals surface area contributed by atoms with Crippen molar-refractivity contribution in [2.45, 2.75) is 45.3 Å². The molecule has 0 fully saturated rings. The highest BCUT2D eigenvalue weighted by molar-refractivity contribution is 7.91. The fraction of sp³-hybridized carbons (Fsp3) is 0.175. The van der Waals surface area contributed by atoms with Crippen molar-refractivity contribution in [1.29, 1.82) is 5.26 Å². The summed E-state index contributed by atoms with van der Waals surface area (Å²) in [5, 5.41) is 34.0. The molecule has 3 amide bonds. The van der Waals surface area contributed by atoms with Gasteiger partial charge >= 0.3 is 5.97 Å². The first-order valence-electron chi connectivity index (χ1n) is 17.9. The molecule has 1 aliphatic heterocycles. The minimum Gasteiger partial charge on any atom is -0.477 e. The van der Waals surface area contributed by atoms with Gasteiger partial charge in [-0.05, 0) is 65.9 Å². The predicted molar refractivity (Wildman–Crippen MR) is 213 cm³/mol. The van der Waals surface area contributed by atoms with E-state index in [1.165, 1.54) is 42.7 Å². The van der Waals surface area contributed by atoms with Gasteiger partial charge < -0.3 is 21.1 Å². The van der Waals surface area contributed by atoms with Crippen molar-refractivity contribution < 1.29 is 41.5 Å². The summed E-state index contributed by atoms with van der Waals surface area (Å²) in [5.41, 5.74) is 2.35. The first-order valence-corrected chi connectivity index (χ1v) is 19.6. The number of benzene rings is 3. The highest BCUT2D eigenvalue weighted by atomic mass is 32.2. The maximum atomic E-state index is 13.5. The van der Waals surface area contributed by atoms with Gasteiger partial charge in [-0.25, -0.2) is 32.0 Å². The van der Waals surface area contributed by atoms with Crippen LogP contribution in [-0.4, -0.2) is 82.1 Å². The normalized spacial score (nSPS) is 13.5. The van der Waals surface area contributed by atoms with Crippen LogP contribution in [0.3, 0.4) is 0 Å². The Morgan fingerprint density at radius 3 is 1.79 bits per heavy atom. The lowest BCUT2D eigenvalue weighted by Crippen LogP contribution is -2.32. The summed E-state index contributed by atoms with van der Waals surface area (Å²) in [5.74, 6) is -4.16. The molecule has 4 aromatic heterocycles. The molecule has 1 unspecified atom stereocenters. The number of fused-ring (bicyclic) bond motifs is 3. The third-order valence-corrected chi connectivity index (χ3v) is 11.1. The summed E-state index contributed by atoms with van der Waals surface area (Å²) in [4.78, 5) is 65.4. The van der Waals surface area contributed by atoms with E-state index in [0.29, 0.717) is 27.8 Å². The second kappa shape index (κ2) is 17.7. The lowest BCUT2D eigenvalue weighted by molar-refractivity contribution is 0.0686. The molecular weight excluding hydrogens is 831 g/mol. The molecule has 316 valence electrons. The number of hydrogen-bond donors (Lipinski definition) is 4. The second-order valence-corrected chi connectivity index (χ2v) is 15.5. The number of nitriles is 1. The van der Waals surface area contributed by atoms with Crippen molar-refractivity contribution in [3.8, 4) is 6.07 Å². The van der Waals surface area contributed by atoms with E-state index in [0.717, 1.165) is 21.4 Å². The Morgan fingerprint density at radius 2 is 1.29 bits per heavy atom. The first-order chi connectivity index (χ1) is 29.1. The number of hydrogen-bond acceptors (Lipinski definition) is 13. The lowest BCUT2D eigenvalue weighted by Gasteiger charge is -2.14. The quantitative estimate of drug-likeness (QED) is 0.162. The van der Waals surface area contributed by atoms with E-state index in [1.807, 2.05) is 6.07 Å². The third-order valence-electron chi connectivity index (χ3n) is 9.32. The van der Waals surface area contributed by atoms with Crippen LogP contribution in [0.1, 0.15) is 88.8 Å². The number of carbonyl (C=O) groups excluding carboxylic acids is 3. The Labute approximate surface area is 350 Å². The van der Waals surface area contributed by atoms with Gasteiger partial charge in [0.05, 0.1) is 28.3 Å². The monoisotopic (exact) mass is 864 g/mol. The Morgan fingerprint density at radius 1 is 0.774 bits per heavy atom. The van der Waals surface area contributed by atoms with Crippen molar-refractivity contribution in [2.24, 2.45) is 0 Å². The van der Waals surface area contributed by atoms with Crippen LogP contribution in [0, 0.1) is 36.8 Å². The molecule has 62 heavy (non-hydrogen) atoms. The minimum absolute atomic E-state index is 0.